The molecular formula is C23H30N4OS. The van der Waals surface area contributed by atoms with Crippen LogP contribution in [0.1, 0.15) is 37.7 Å². The van der Waals surface area contributed by atoms with E-state index in [0.717, 1.165) is 56.3 Å². The summed E-state index contributed by atoms with van der Waals surface area (Å²) in [7, 11) is 0. The van der Waals surface area contributed by atoms with E-state index in [2.05, 4.69) is 45.2 Å². The van der Waals surface area contributed by atoms with E-state index in [-0.39, 0.29) is 5.91 Å². The lowest BCUT2D eigenvalue weighted by atomic mass is 9.90. The predicted octanol–water partition coefficient (Wildman–Crippen LogP) is 4.04. The standard InChI is InChI=1S/C23H30N4OS/c28-23(27-13-9-20(10-14-27)15-19-7-3-1-4-8-19)17-29-22-16-21(24-18-25-22)26-11-5-2-6-12-26/h1,3-4,7-8,16,18,20H,2,5-6,9-15,17H2. The molecule has 1 aromatic heterocycles. The maximum atomic E-state index is 12.7. The van der Waals surface area contributed by atoms with E-state index >= 15 is 0 Å². The molecule has 2 aliphatic heterocycles. The molecule has 2 fully saturated rings. The highest BCUT2D eigenvalue weighted by molar-refractivity contribution is 7.99. The smallest absolute Gasteiger partial charge is 0.232 e. The Morgan fingerprint density at radius 3 is 2.52 bits per heavy atom. The second-order valence-electron chi connectivity index (χ2n) is 8.06. The molecule has 0 unspecified atom stereocenters. The van der Waals surface area contributed by atoms with Gasteiger partial charge in [0.1, 0.15) is 17.2 Å². The summed E-state index contributed by atoms with van der Waals surface area (Å²) < 4.78 is 0. The third-order valence-electron chi connectivity index (χ3n) is 5.99. The summed E-state index contributed by atoms with van der Waals surface area (Å²) in [5.74, 6) is 2.37. The minimum Gasteiger partial charge on any atom is -0.356 e. The van der Waals surface area contributed by atoms with Crippen LogP contribution < -0.4 is 4.90 Å². The van der Waals surface area contributed by atoms with Gasteiger partial charge in [0.15, 0.2) is 0 Å². The number of amides is 1. The monoisotopic (exact) mass is 410 g/mol. The molecule has 2 saturated heterocycles. The zero-order chi connectivity index (χ0) is 19.9. The van der Waals surface area contributed by atoms with Crippen molar-refractivity contribution < 1.29 is 4.79 Å². The van der Waals surface area contributed by atoms with Crippen LogP contribution in [0, 0.1) is 5.92 Å². The van der Waals surface area contributed by atoms with Crippen LogP contribution in [-0.2, 0) is 11.2 Å². The lowest BCUT2D eigenvalue weighted by molar-refractivity contribution is -0.129. The average Bonchev–Trinajstić information content (AvgIpc) is 2.79. The van der Waals surface area contributed by atoms with Gasteiger partial charge in [0.05, 0.1) is 5.75 Å². The third kappa shape index (κ3) is 5.72. The Morgan fingerprint density at radius 2 is 1.76 bits per heavy atom. The quantitative estimate of drug-likeness (QED) is 0.531. The highest BCUT2D eigenvalue weighted by Gasteiger charge is 2.23. The molecule has 3 heterocycles. The first-order chi connectivity index (χ1) is 14.3. The molecule has 29 heavy (non-hydrogen) atoms. The van der Waals surface area contributed by atoms with Crippen molar-refractivity contribution in [2.24, 2.45) is 5.92 Å². The molecule has 5 nitrogen and oxygen atoms in total. The SMILES string of the molecule is O=C(CSc1cc(N2CCCCC2)ncn1)N1CCC(Cc2ccccc2)CC1. The van der Waals surface area contributed by atoms with Crippen LogP contribution in [0.25, 0.3) is 0 Å². The van der Waals surface area contributed by atoms with E-state index in [1.54, 1.807) is 6.33 Å². The van der Waals surface area contributed by atoms with Crippen LogP contribution in [0.4, 0.5) is 5.82 Å². The molecule has 0 aliphatic carbocycles. The number of hydrogen-bond acceptors (Lipinski definition) is 5. The summed E-state index contributed by atoms with van der Waals surface area (Å²) >= 11 is 1.53. The topological polar surface area (TPSA) is 49.3 Å². The van der Waals surface area contributed by atoms with Gasteiger partial charge in [-0.1, -0.05) is 42.1 Å². The second-order valence-corrected chi connectivity index (χ2v) is 9.06. The molecule has 0 spiro atoms. The zero-order valence-electron chi connectivity index (χ0n) is 17.0. The number of carbonyl (C=O) groups excluding carboxylic acids is 1. The predicted molar refractivity (Wildman–Crippen MR) is 118 cm³/mol. The number of benzene rings is 1. The normalized spacial score (nSPS) is 18.1. The number of rotatable bonds is 6. The molecule has 1 amide bonds. The molecule has 0 radical (unpaired) electrons. The molecule has 0 N–H and O–H groups in total. The maximum Gasteiger partial charge on any atom is 0.232 e. The summed E-state index contributed by atoms with van der Waals surface area (Å²) in [6.45, 7) is 3.88. The first kappa shape index (κ1) is 20.2. The van der Waals surface area contributed by atoms with Gasteiger partial charge in [0, 0.05) is 32.2 Å². The van der Waals surface area contributed by atoms with Gasteiger partial charge in [-0.15, -0.1) is 0 Å². The minimum atomic E-state index is 0.228. The maximum absolute atomic E-state index is 12.7. The van der Waals surface area contributed by atoms with Gasteiger partial charge in [0.2, 0.25) is 5.91 Å². The summed E-state index contributed by atoms with van der Waals surface area (Å²) in [5.41, 5.74) is 1.40. The largest absolute Gasteiger partial charge is 0.356 e. The molecule has 1 aromatic carbocycles. The van der Waals surface area contributed by atoms with Gasteiger partial charge in [0.25, 0.3) is 0 Å². The van der Waals surface area contributed by atoms with Gasteiger partial charge in [-0.25, -0.2) is 9.97 Å². The van der Waals surface area contributed by atoms with Crippen LogP contribution >= 0.6 is 11.8 Å². The molecule has 2 aromatic rings. The lowest BCUT2D eigenvalue weighted by Gasteiger charge is -2.32. The summed E-state index contributed by atoms with van der Waals surface area (Å²) in [4.78, 5) is 25.8. The van der Waals surface area contributed by atoms with Crippen molar-refractivity contribution in [3.63, 3.8) is 0 Å². The molecular weight excluding hydrogens is 380 g/mol. The Balaban J connectivity index is 1.23. The van der Waals surface area contributed by atoms with Crippen LogP contribution in [0.2, 0.25) is 0 Å². The first-order valence-corrected chi connectivity index (χ1v) is 11.8. The number of hydrogen-bond donors (Lipinski definition) is 0. The van der Waals surface area contributed by atoms with E-state index < -0.39 is 0 Å². The van der Waals surface area contributed by atoms with Crippen LogP contribution in [0.15, 0.2) is 47.8 Å². The van der Waals surface area contributed by atoms with Gasteiger partial charge in [-0.3, -0.25) is 4.79 Å². The number of carbonyl (C=O) groups is 1. The molecule has 154 valence electrons. The number of piperidine rings is 2. The van der Waals surface area contributed by atoms with Crippen molar-refractivity contribution in [3.05, 3.63) is 48.3 Å². The van der Waals surface area contributed by atoms with Crippen LogP contribution in [0.3, 0.4) is 0 Å². The molecule has 0 saturated carbocycles. The van der Waals surface area contributed by atoms with Crippen molar-refractivity contribution in [2.75, 3.05) is 36.8 Å². The summed E-state index contributed by atoms with van der Waals surface area (Å²) in [6.07, 6.45) is 8.70. The summed E-state index contributed by atoms with van der Waals surface area (Å²) in [5, 5.41) is 0.896. The number of nitrogens with zero attached hydrogens (tertiary/aromatic N) is 4. The fraction of sp³-hybridized carbons (Fsp3) is 0.522. The molecule has 0 bridgehead atoms. The van der Waals surface area contributed by atoms with Crippen molar-refractivity contribution in [3.8, 4) is 0 Å². The Morgan fingerprint density at radius 1 is 1.00 bits per heavy atom. The van der Waals surface area contributed by atoms with E-state index in [1.807, 2.05) is 11.0 Å². The van der Waals surface area contributed by atoms with Crippen molar-refractivity contribution in [1.29, 1.82) is 0 Å². The molecule has 4 rings (SSSR count). The van der Waals surface area contributed by atoms with Crippen molar-refractivity contribution in [2.45, 2.75) is 43.6 Å². The minimum absolute atomic E-state index is 0.228. The number of anilines is 1. The van der Waals surface area contributed by atoms with Gasteiger partial charge in [-0.2, -0.15) is 0 Å². The molecule has 6 heteroatoms. The van der Waals surface area contributed by atoms with E-state index in [1.165, 1.54) is 36.6 Å². The zero-order valence-corrected chi connectivity index (χ0v) is 17.8. The number of likely N-dealkylation sites (tertiary alicyclic amines) is 1. The Hall–Kier alpha value is -2.08. The van der Waals surface area contributed by atoms with E-state index in [0.29, 0.717) is 11.7 Å². The highest BCUT2D eigenvalue weighted by atomic mass is 32.2. The van der Waals surface area contributed by atoms with Gasteiger partial charge < -0.3 is 9.80 Å². The van der Waals surface area contributed by atoms with Crippen LogP contribution in [0.5, 0.6) is 0 Å². The number of thioether (sulfide) groups is 1. The Labute approximate surface area is 177 Å². The Bertz CT molecular complexity index is 786. The fourth-order valence-electron chi connectivity index (χ4n) is 4.27. The summed E-state index contributed by atoms with van der Waals surface area (Å²) in [6, 6.07) is 12.7. The molecule has 2 aliphatic rings. The highest BCUT2D eigenvalue weighted by Crippen LogP contribution is 2.25. The fourth-order valence-corrected chi connectivity index (χ4v) is 5.03. The lowest BCUT2D eigenvalue weighted by Crippen LogP contribution is -2.39. The van der Waals surface area contributed by atoms with Crippen molar-refractivity contribution >= 4 is 23.5 Å². The van der Waals surface area contributed by atoms with E-state index in [4.69, 9.17) is 0 Å². The molecule has 0 atom stereocenters. The van der Waals surface area contributed by atoms with Gasteiger partial charge in [-0.05, 0) is 50.0 Å². The first-order valence-electron chi connectivity index (χ1n) is 10.8. The average molecular weight is 411 g/mol. The van der Waals surface area contributed by atoms with Gasteiger partial charge >= 0.3 is 0 Å². The number of aromatic nitrogens is 2. The Kier molecular flexibility index (Phi) is 7.04. The van der Waals surface area contributed by atoms with Crippen LogP contribution in [-0.4, -0.2) is 52.7 Å². The van der Waals surface area contributed by atoms with E-state index in [9.17, 15) is 4.79 Å². The second kappa shape index (κ2) is 10.1. The third-order valence-corrected chi connectivity index (χ3v) is 6.90. The van der Waals surface area contributed by atoms with Crippen molar-refractivity contribution in [1.82, 2.24) is 14.9 Å².